The molecular weight excluding hydrogens is 244 g/mol. The Kier molecular flexibility index (Phi) is 4.00. The minimum Gasteiger partial charge on any atom is -0.391 e. The number of hydrogen-bond acceptors (Lipinski definition) is 3. The highest BCUT2D eigenvalue weighted by atomic mass is 32.1. The van der Waals surface area contributed by atoms with Crippen molar-refractivity contribution >= 4 is 18.9 Å². The van der Waals surface area contributed by atoms with Crippen LogP contribution in [-0.4, -0.2) is 5.97 Å². The van der Waals surface area contributed by atoms with Crippen molar-refractivity contribution in [3.63, 3.8) is 0 Å². The predicted molar refractivity (Wildman–Crippen MR) is 76.1 cm³/mol. The SMILES string of the molecule is C=C1CC[C@H]2C(=C)CC[C@@H](C(=C)C(=O)OS)CC12. The Labute approximate surface area is 114 Å². The summed E-state index contributed by atoms with van der Waals surface area (Å²) in [5.41, 5.74) is 3.16. The van der Waals surface area contributed by atoms with Crippen molar-refractivity contribution in [3.05, 3.63) is 36.5 Å². The Morgan fingerprint density at radius 2 is 1.78 bits per heavy atom. The van der Waals surface area contributed by atoms with Gasteiger partial charge in [-0.25, -0.2) is 4.79 Å². The summed E-state index contributed by atoms with van der Waals surface area (Å²) in [7, 11) is 0. The number of carbonyl (C=O) groups is 1. The van der Waals surface area contributed by atoms with Gasteiger partial charge in [-0.1, -0.05) is 30.9 Å². The highest BCUT2D eigenvalue weighted by molar-refractivity contribution is 7.75. The second-order valence-corrected chi connectivity index (χ2v) is 5.63. The Bertz CT molecular complexity index is 411. The van der Waals surface area contributed by atoms with Crippen LogP contribution in [0.2, 0.25) is 0 Å². The molecule has 2 nitrogen and oxygen atoms in total. The summed E-state index contributed by atoms with van der Waals surface area (Å²) in [5.74, 6) is 0.791. The molecule has 0 aromatic carbocycles. The third kappa shape index (κ3) is 2.41. The Morgan fingerprint density at radius 1 is 1.17 bits per heavy atom. The summed E-state index contributed by atoms with van der Waals surface area (Å²) in [6.07, 6.45) is 5.10. The minimum absolute atomic E-state index is 0.172. The zero-order chi connectivity index (χ0) is 13.3. The van der Waals surface area contributed by atoms with Crippen molar-refractivity contribution in [1.82, 2.24) is 0 Å². The van der Waals surface area contributed by atoms with Gasteiger partial charge in [0.1, 0.15) is 0 Å². The summed E-state index contributed by atoms with van der Waals surface area (Å²) in [6, 6.07) is 0. The van der Waals surface area contributed by atoms with E-state index in [2.05, 4.69) is 36.8 Å². The molecular formula is C15H20O2S. The van der Waals surface area contributed by atoms with E-state index in [4.69, 9.17) is 0 Å². The highest BCUT2D eigenvalue weighted by Gasteiger charge is 2.37. The number of hydrogen-bond donors (Lipinski definition) is 1. The van der Waals surface area contributed by atoms with Gasteiger partial charge in [0.25, 0.3) is 0 Å². The predicted octanol–water partition coefficient (Wildman–Crippen LogP) is 3.87. The average Bonchev–Trinajstić information content (AvgIpc) is 2.64. The van der Waals surface area contributed by atoms with Crippen molar-refractivity contribution in [1.29, 1.82) is 0 Å². The van der Waals surface area contributed by atoms with Gasteiger partial charge in [-0.05, 0) is 49.9 Å². The lowest BCUT2D eigenvalue weighted by molar-refractivity contribution is -0.129. The van der Waals surface area contributed by atoms with E-state index in [1.165, 1.54) is 17.6 Å². The molecule has 98 valence electrons. The second-order valence-electron chi connectivity index (χ2n) is 5.44. The smallest absolute Gasteiger partial charge is 0.345 e. The Balaban J connectivity index is 2.16. The fourth-order valence-electron chi connectivity index (χ4n) is 3.34. The Morgan fingerprint density at radius 3 is 2.44 bits per heavy atom. The van der Waals surface area contributed by atoms with Crippen LogP contribution in [0.5, 0.6) is 0 Å². The molecule has 0 aromatic rings. The second kappa shape index (κ2) is 5.35. The van der Waals surface area contributed by atoms with Gasteiger partial charge in [0.15, 0.2) is 0 Å². The van der Waals surface area contributed by atoms with Crippen molar-refractivity contribution in [2.45, 2.75) is 32.1 Å². The molecule has 0 aliphatic heterocycles. The maximum atomic E-state index is 11.5. The molecule has 0 aromatic heterocycles. The van der Waals surface area contributed by atoms with E-state index in [-0.39, 0.29) is 5.92 Å². The van der Waals surface area contributed by atoms with Gasteiger partial charge < -0.3 is 4.18 Å². The van der Waals surface area contributed by atoms with E-state index in [1.807, 2.05) is 0 Å². The maximum Gasteiger partial charge on any atom is 0.345 e. The quantitative estimate of drug-likeness (QED) is 0.355. The lowest BCUT2D eigenvalue weighted by atomic mass is 9.83. The number of fused-ring (bicyclic) bond motifs is 1. The molecule has 3 heteroatoms. The van der Waals surface area contributed by atoms with E-state index < -0.39 is 5.97 Å². The van der Waals surface area contributed by atoms with Crippen LogP contribution in [-0.2, 0) is 8.98 Å². The van der Waals surface area contributed by atoms with Crippen LogP contribution < -0.4 is 0 Å². The third-order valence-electron chi connectivity index (χ3n) is 4.50. The summed E-state index contributed by atoms with van der Waals surface area (Å²) < 4.78 is 4.48. The summed E-state index contributed by atoms with van der Waals surface area (Å²) in [4.78, 5) is 11.5. The molecule has 18 heavy (non-hydrogen) atoms. The fraction of sp³-hybridized carbons (Fsp3) is 0.533. The molecule has 0 spiro atoms. The molecule has 2 rings (SSSR count). The van der Waals surface area contributed by atoms with E-state index in [9.17, 15) is 4.79 Å². The standard InChI is InChI=1S/C15H20O2S/c1-9-4-6-12(11(3)15(16)17-18)8-14-10(2)5-7-13(9)14/h12-14,18H,1-8H2/t12-,13+,14?/m1/s1. The number of carbonyl (C=O) groups excluding carboxylic acids is 1. The molecule has 1 unspecified atom stereocenters. The molecule has 3 atom stereocenters. The van der Waals surface area contributed by atoms with E-state index in [0.29, 0.717) is 17.4 Å². The number of thiol groups is 1. The zero-order valence-electron chi connectivity index (χ0n) is 10.7. The fourth-order valence-corrected chi connectivity index (χ4v) is 3.46. The molecule has 0 saturated heterocycles. The van der Waals surface area contributed by atoms with E-state index >= 15 is 0 Å². The third-order valence-corrected chi connectivity index (χ3v) is 4.67. The number of rotatable bonds is 2. The molecule has 0 bridgehead atoms. The van der Waals surface area contributed by atoms with Crippen molar-refractivity contribution in [3.8, 4) is 0 Å². The molecule has 0 radical (unpaired) electrons. The minimum atomic E-state index is -0.406. The molecule has 2 aliphatic rings. The molecule has 2 fully saturated rings. The first-order valence-electron chi connectivity index (χ1n) is 6.44. The topological polar surface area (TPSA) is 26.3 Å². The van der Waals surface area contributed by atoms with Gasteiger partial charge in [-0.15, -0.1) is 0 Å². The van der Waals surface area contributed by atoms with Crippen molar-refractivity contribution < 1.29 is 8.98 Å². The maximum absolute atomic E-state index is 11.5. The van der Waals surface area contributed by atoms with Crippen LogP contribution in [0.15, 0.2) is 36.5 Å². The summed E-state index contributed by atoms with van der Waals surface area (Å²) in [6.45, 7) is 12.3. The lowest BCUT2D eigenvalue weighted by Crippen LogP contribution is -2.16. The van der Waals surface area contributed by atoms with Crippen LogP contribution in [0.3, 0.4) is 0 Å². The van der Waals surface area contributed by atoms with Crippen LogP contribution in [0.4, 0.5) is 0 Å². The van der Waals surface area contributed by atoms with Gasteiger partial charge in [-0.3, -0.25) is 0 Å². The van der Waals surface area contributed by atoms with Crippen molar-refractivity contribution in [2.75, 3.05) is 0 Å². The lowest BCUT2D eigenvalue weighted by Gasteiger charge is -2.21. The highest BCUT2D eigenvalue weighted by Crippen LogP contribution is 2.48. The van der Waals surface area contributed by atoms with E-state index in [0.717, 1.165) is 25.7 Å². The Hall–Kier alpha value is -0.960. The van der Waals surface area contributed by atoms with Gasteiger partial charge in [0.2, 0.25) is 0 Å². The molecule has 0 N–H and O–H groups in total. The van der Waals surface area contributed by atoms with Crippen LogP contribution in [0.1, 0.15) is 32.1 Å². The summed E-state index contributed by atoms with van der Waals surface area (Å²) >= 11 is 3.57. The van der Waals surface area contributed by atoms with Crippen LogP contribution in [0, 0.1) is 17.8 Å². The van der Waals surface area contributed by atoms with Gasteiger partial charge in [-0.2, -0.15) is 0 Å². The zero-order valence-corrected chi connectivity index (χ0v) is 11.5. The first-order valence-corrected chi connectivity index (χ1v) is 6.81. The normalized spacial score (nSPS) is 31.7. The largest absolute Gasteiger partial charge is 0.391 e. The average molecular weight is 264 g/mol. The monoisotopic (exact) mass is 264 g/mol. The van der Waals surface area contributed by atoms with E-state index in [1.54, 1.807) is 0 Å². The molecule has 0 amide bonds. The number of allylic oxidation sites excluding steroid dienone is 2. The first-order chi connectivity index (χ1) is 8.54. The molecule has 2 aliphatic carbocycles. The van der Waals surface area contributed by atoms with Crippen molar-refractivity contribution in [2.24, 2.45) is 17.8 Å². The molecule has 0 heterocycles. The molecule has 2 saturated carbocycles. The van der Waals surface area contributed by atoms with Gasteiger partial charge in [0.05, 0.1) is 0 Å². The first kappa shape index (κ1) is 13.5. The summed E-state index contributed by atoms with van der Waals surface area (Å²) in [5, 5.41) is 0. The van der Waals surface area contributed by atoms with Crippen LogP contribution in [0.25, 0.3) is 0 Å². The van der Waals surface area contributed by atoms with Crippen LogP contribution >= 0.6 is 12.9 Å². The van der Waals surface area contributed by atoms with Gasteiger partial charge in [0, 0.05) is 18.5 Å². The van der Waals surface area contributed by atoms with Gasteiger partial charge >= 0.3 is 5.97 Å².